The van der Waals surface area contributed by atoms with E-state index in [9.17, 15) is 13.5 Å². The van der Waals surface area contributed by atoms with Gasteiger partial charge in [-0.3, -0.25) is 0 Å². The minimum atomic E-state index is -3.45. The van der Waals surface area contributed by atoms with Crippen LogP contribution in [0.25, 0.3) is 0 Å². The fourth-order valence-corrected chi connectivity index (χ4v) is 7.82. The van der Waals surface area contributed by atoms with E-state index in [4.69, 9.17) is 0 Å². The van der Waals surface area contributed by atoms with E-state index in [2.05, 4.69) is 15.9 Å². The molecule has 1 saturated heterocycles. The van der Waals surface area contributed by atoms with Crippen LogP contribution in [0.4, 0.5) is 0 Å². The molecule has 118 valence electrons. The summed E-state index contributed by atoms with van der Waals surface area (Å²) in [6, 6.07) is 1.73. The molecule has 3 unspecified atom stereocenters. The average molecular weight is 394 g/mol. The van der Waals surface area contributed by atoms with Crippen molar-refractivity contribution in [2.75, 3.05) is 6.54 Å². The van der Waals surface area contributed by atoms with E-state index in [1.807, 2.05) is 0 Å². The molecule has 0 bridgehead atoms. The molecule has 1 saturated carbocycles. The SMILES string of the molecule is O=S(=O)(c1sccc1Br)N1CCCC1C1CCCCC1O. The number of thiophene rings is 1. The molecule has 0 spiro atoms. The Morgan fingerprint density at radius 1 is 1.24 bits per heavy atom. The molecule has 3 atom stereocenters. The topological polar surface area (TPSA) is 57.6 Å². The molecular weight excluding hydrogens is 374 g/mol. The number of hydrogen-bond acceptors (Lipinski definition) is 4. The third-order valence-electron chi connectivity index (χ3n) is 4.65. The maximum absolute atomic E-state index is 12.9. The Hall–Kier alpha value is 0.0500. The van der Waals surface area contributed by atoms with E-state index in [0.29, 0.717) is 15.2 Å². The van der Waals surface area contributed by atoms with Gasteiger partial charge in [0.15, 0.2) is 0 Å². The molecule has 7 heteroatoms. The Labute approximate surface area is 138 Å². The number of halogens is 1. The second kappa shape index (κ2) is 6.28. The zero-order valence-corrected chi connectivity index (χ0v) is 15.0. The number of hydrogen-bond donors (Lipinski definition) is 1. The number of aliphatic hydroxyl groups is 1. The van der Waals surface area contributed by atoms with Crippen LogP contribution in [0.5, 0.6) is 0 Å². The number of rotatable bonds is 3. The van der Waals surface area contributed by atoms with Gasteiger partial charge in [-0.1, -0.05) is 12.8 Å². The predicted octanol–water partition coefficient (Wildman–Crippen LogP) is 3.21. The molecule has 21 heavy (non-hydrogen) atoms. The molecule has 2 aliphatic rings. The van der Waals surface area contributed by atoms with Gasteiger partial charge >= 0.3 is 0 Å². The molecule has 1 N–H and O–H groups in total. The molecule has 0 aromatic carbocycles. The van der Waals surface area contributed by atoms with Crippen molar-refractivity contribution in [1.29, 1.82) is 0 Å². The largest absolute Gasteiger partial charge is 0.393 e. The van der Waals surface area contributed by atoms with Crippen LogP contribution in [0.2, 0.25) is 0 Å². The summed E-state index contributed by atoms with van der Waals surface area (Å²) >= 11 is 4.59. The van der Waals surface area contributed by atoms with Crippen LogP contribution in [-0.2, 0) is 10.0 Å². The summed E-state index contributed by atoms with van der Waals surface area (Å²) in [4.78, 5) is 0. The van der Waals surface area contributed by atoms with Crippen LogP contribution >= 0.6 is 27.3 Å². The lowest BCUT2D eigenvalue weighted by atomic mass is 9.81. The first-order valence-corrected chi connectivity index (χ1v) is 10.6. The molecule has 0 radical (unpaired) electrons. The highest BCUT2D eigenvalue weighted by Gasteiger charge is 2.43. The van der Waals surface area contributed by atoms with Crippen LogP contribution in [-0.4, -0.2) is 36.5 Å². The summed E-state index contributed by atoms with van der Waals surface area (Å²) in [6.45, 7) is 0.570. The Bertz CT molecular complexity index is 601. The third-order valence-corrected chi connectivity index (χ3v) is 9.22. The second-order valence-electron chi connectivity index (χ2n) is 5.90. The van der Waals surface area contributed by atoms with Crippen LogP contribution < -0.4 is 0 Å². The Morgan fingerprint density at radius 2 is 2.00 bits per heavy atom. The molecule has 1 aromatic heterocycles. The normalized spacial score (nSPS) is 31.6. The van der Waals surface area contributed by atoms with Gasteiger partial charge in [-0.25, -0.2) is 8.42 Å². The first kappa shape index (κ1) is 15.9. The van der Waals surface area contributed by atoms with Crippen molar-refractivity contribution < 1.29 is 13.5 Å². The summed E-state index contributed by atoms with van der Waals surface area (Å²) in [5.74, 6) is 0.0924. The van der Waals surface area contributed by atoms with Gasteiger partial charge in [-0.15, -0.1) is 11.3 Å². The van der Waals surface area contributed by atoms with Gasteiger partial charge in [-0.05, 0) is 53.1 Å². The number of sulfonamides is 1. The Morgan fingerprint density at radius 3 is 2.67 bits per heavy atom. The minimum absolute atomic E-state index is 0.0423. The highest BCUT2D eigenvalue weighted by molar-refractivity contribution is 9.10. The third kappa shape index (κ3) is 2.95. The van der Waals surface area contributed by atoms with Gasteiger partial charge in [0.1, 0.15) is 4.21 Å². The lowest BCUT2D eigenvalue weighted by molar-refractivity contribution is 0.0387. The molecule has 4 nitrogen and oxygen atoms in total. The van der Waals surface area contributed by atoms with Crippen molar-refractivity contribution in [3.05, 3.63) is 15.9 Å². The molecule has 1 aliphatic heterocycles. The van der Waals surface area contributed by atoms with Crippen molar-refractivity contribution >= 4 is 37.3 Å². The zero-order valence-electron chi connectivity index (χ0n) is 11.7. The maximum Gasteiger partial charge on any atom is 0.253 e. The van der Waals surface area contributed by atoms with Crippen LogP contribution in [0, 0.1) is 5.92 Å². The minimum Gasteiger partial charge on any atom is -0.393 e. The first-order valence-electron chi connectivity index (χ1n) is 7.44. The second-order valence-corrected chi connectivity index (χ2v) is 9.75. The summed E-state index contributed by atoms with van der Waals surface area (Å²) in [5, 5.41) is 12.1. The molecule has 2 heterocycles. The van der Waals surface area contributed by atoms with E-state index in [-0.39, 0.29) is 18.1 Å². The number of nitrogens with zero attached hydrogens (tertiary/aromatic N) is 1. The van der Waals surface area contributed by atoms with Crippen LogP contribution in [0.15, 0.2) is 20.1 Å². The molecular formula is C14H20BrNO3S2. The summed E-state index contributed by atoms with van der Waals surface area (Å²) in [6.07, 6.45) is 5.27. The molecule has 1 aliphatic carbocycles. The summed E-state index contributed by atoms with van der Waals surface area (Å²) in [7, 11) is -3.45. The maximum atomic E-state index is 12.9. The van der Waals surface area contributed by atoms with E-state index in [0.717, 1.165) is 38.5 Å². The van der Waals surface area contributed by atoms with Gasteiger partial charge in [-0.2, -0.15) is 4.31 Å². The van der Waals surface area contributed by atoms with Crippen molar-refractivity contribution in [1.82, 2.24) is 4.31 Å². The monoisotopic (exact) mass is 393 g/mol. The smallest absolute Gasteiger partial charge is 0.253 e. The first-order chi connectivity index (χ1) is 10.0. The molecule has 3 rings (SSSR count). The molecule has 1 aromatic rings. The lowest BCUT2D eigenvalue weighted by Crippen LogP contribution is -2.45. The van der Waals surface area contributed by atoms with Crippen molar-refractivity contribution in [2.24, 2.45) is 5.92 Å². The van der Waals surface area contributed by atoms with Gasteiger partial charge in [0.05, 0.1) is 6.10 Å². The standard InChI is InChI=1S/C14H20BrNO3S2/c15-11-7-9-20-14(11)21(18,19)16-8-3-5-12(16)10-4-1-2-6-13(10)17/h7,9-10,12-13,17H,1-6,8H2. The van der Waals surface area contributed by atoms with Crippen LogP contribution in [0.1, 0.15) is 38.5 Å². The zero-order chi connectivity index (χ0) is 15.0. The van der Waals surface area contributed by atoms with Crippen LogP contribution in [0.3, 0.4) is 0 Å². The quantitative estimate of drug-likeness (QED) is 0.857. The Kier molecular flexibility index (Phi) is 4.76. The Balaban J connectivity index is 1.88. The molecule has 0 amide bonds. The fourth-order valence-electron chi connectivity index (χ4n) is 3.65. The van der Waals surface area contributed by atoms with Crippen molar-refractivity contribution in [3.63, 3.8) is 0 Å². The lowest BCUT2D eigenvalue weighted by Gasteiger charge is -2.36. The fraction of sp³-hybridized carbons (Fsp3) is 0.714. The van der Waals surface area contributed by atoms with Gasteiger partial charge in [0, 0.05) is 23.0 Å². The highest BCUT2D eigenvalue weighted by Crippen LogP contribution is 2.39. The van der Waals surface area contributed by atoms with Crippen molar-refractivity contribution in [2.45, 2.75) is 54.9 Å². The number of aliphatic hydroxyl groups excluding tert-OH is 1. The summed E-state index contributed by atoms with van der Waals surface area (Å²) in [5.41, 5.74) is 0. The summed E-state index contributed by atoms with van der Waals surface area (Å²) < 4.78 is 28.5. The van der Waals surface area contributed by atoms with Gasteiger partial charge < -0.3 is 5.11 Å². The van der Waals surface area contributed by atoms with E-state index in [1.54, 1.807) is 15.8 Å². The van der Waals surface area contributed by atoms with Gasteiger partial charge in [0.25, 0.3) is 10.0 Å². The predicted molar refractivity (Wildman–Crippen MR) is 86.9 cm³/mol. The van der Waals surface area contributed by atoms with Gasteiger partial charge in [0.2, 0.25) is 0 Å². The highest BCUT2D eigenvalue weighted by atomic mass is 79.9. The van der Waals surface area contributed by atoms with E-state index >= 15 is 0 Å². The van der Waals surface area contributed by atoms with Crippen molar-refractivity contribution in [3.8, 4) is 0 Å². The molecule has 2 fully saturated rings. The average Bonchev–Trinajstić information content (AvgIpc) is 3.08. The van der Waals surface area contributed by atoms with E-state index in [1.165, 1.54) is 11.3 Å². The van der Waals surface area contributed by atoms with E-state index < -0.39 is 10.0 Å².